The quantitative estimate of drug-likeness (QED) is 0.392. The fraction of sp³-hybridized carbons (Fsp3) is 0.588. The molecular formula is C34H50N2O6Si. The molecule has 1 saturated heterocycles. The van der Waals surface area contributed by atoms with Crippen LogP contribution >= 0.6 is 0 Å². The summed E-state index contributed by atoms with van der Waals surface area (Å²) in [6.45, 7) is 19.5. The van der Waals surface area contributed by atoms with Crippen LogP contribution in [0.15, 0.2) is 70.6 Å². The monoisotopic (exact) mass is 610 g/mol. The Bertz CT molecular complexity index is 1210. The Morgan fingerprint density at radius 3 is 1.79 bits per heavy atom. The van der Waals surface area contributed by atoms with E-state index in [9.17, 15) is 5.11 Å². The molecule has 0 saturated carbocycles. The molecule has 2 aromatic rings. The lowest BCUT2D eigenvalue weighted by Gasteiger charge is -2.43. The van der Waals surface area contributed by atoms with Crippen LogP contribution in [0.2, 0.25) is 5.04 Å². The maximum absolute atomic E-state index is 11.9. The molecule has 2 aliphatic heterocycles. The molecule has 0 bridgehead atoms. The predicted molar refractivity (Wildman–Crippen MR) is 174 cm³/mol. The first-order valence-corrected chi connectivity index (χ1v) is 17.4. The molecule has 0 amide bonds. The Labute approximate surface area is 258 Å². The van der Waals surface area contributed by atoms with Gasteiger partial charge in [-0.3, -0.25) is 0 Å². The molecule has 2 aliphatic rings. The fourth-order valence-corrected chi connectivity index (χ4v) is 10.7. The zero-order valence-electron chi connectivity index (χ0n) is 27.2. The minimum atomic E-state index is -2.85. The van der Waals surface area contributed by atoms with Gasteiger partial charge < -0.3 is 28.5 Å². The Balaban J connectivity index is 1.70. The molecule has 43 heavy (non-hydrogen) atoms. The standard InChI is InChI=1S/C34H50N2O6Si/c1-10-38-31-27(23(3)4)35-32(39-11-2)28(36-31)29(37)30-26(41-34(8,9)42-30)22-40-43(33(5,6)7,24-18-14-12-15-19-24)25-20-16-13-17-21-25/h12-21,23,26-30,37H,10-11,22H2,1-9H3/t26-,27+,28-,29-,30-/m0/s1. The van der Waals surface area contributed by atoms with Gasteiger partial charge in [-0.15, -0.1) is 0 Å². The largest absolute Gasteiger partial charge is 0.480 e. The SMILES string of the molecule is CCOC1=N[C@H](C(C)C)C(OCC)=N[C@H]1[C@H](O)[C@H]1OC(C)(C)O[C@H]1CO[Si](c1ccccc1)(c1ccccc1)C(C)(C)C. The van der Waals surface area contributed by atoms with Crippen molar-refractivity contribution in [1.82, 2.24) is 0 Å². The molecule has 1 fully saturated rings. The summed E-state index contributed by atoms with van der Waals surface area (Å²) < 4.78 is 31.9. The van der Waals surface area contributed by atoms with E-state index in [-0.39, 0.29) is 23.6 Å². The van der Waals surface area contributed by atoms with Crippen LogP contribution in [-0.2, 0) is 23.4 Å². The van der Waals surface area contributed by atoms with E-state index in [1.807, 2.05) is 39.8 Å². The van der Waals surface area contributed by atoms with Crippen LogP contribution < -0.4 is 10.4 Å². The normalized spacial score (nSPS) is 24.8. The van der Waals surface area contributed by atoms with Crippen molar-refractivity contribution in [3.8, 4) is 0 Å². The van der Waals surface area contributed by atoms with Gasteiger partial charge in [-0.2, -0.15) is 0 Å². The van der Waals surface area contributed by atoms with Gasteiger partial charge in [0.2, 0.25) is 11.8 Å². The first kappa shape index (κ1) is 33.3. The number of aliphatic imine (C=N–C) groups is 2. The molecular weight excluding hydrogens is 560 g/mol. The molecule has 0 radical (unpaired) electrons. The zero-order chi connectivity index (χ0) is 31.4. The maximum Gasteiger partial charge on any atom is 0.261 e. The van der Waals surface area contributed by atoms with Gasteiger partial charge in [0.05, 0.1) is 19.8 Å². The van der Waals surface area contributed by atoms with E-state index in [1.54, 1.807) is 0 Å². The molecule has 4 rings (SSSR count). The topological polar surface area (TPSA) is 91.1 Å². The summed E-state index contributed by atoms with van der Waals surface area (Å²) in [6.07, 6.45) is -2.42. The van der Waals surface area contributed by atoms with Crippen molar-refractivity contribution in [3.63, 3.8) is 0 Å². The number of aliphatic hydroxyl groups excluding tert-OH is 1. The molecule has 2 aromatic carbocycles. The molecule has 236 valence electrons. The van der Waals surface area contributed by atoms with Crippen molar-refractivity contribution in [2.45, 2.75) is 104 Å². The fourth-order valence-electron chi connectivity index (χ4n) is 6.16. The molecule has 0 unspecified atom stereocenters. The van der Waals surface area contributed by atoms with Gasteiger partial charge in [0, 0.05) is 0 Å². The first-order valence-electron chi connectivity index (χ1n) is 15.5. The van der Waals surface area contributed by atoms with Crippen molar-refractivity contribution in [2.24, 2.45) is 15.9 Å². The minimum Gasteiger partial charge on any atom is -0.480 e. The summed E-state index contributed by atoms with van der Waals surface area (Å²) in [7, 11) is -2.85. The van der Waals surface area contributed by atoms with Gasteiger partial charge in [-0.1, -0.05) is 95.3 Å². The minimum absolute atomic E-state index is 0.149. The second-order valence-corrected chi connectivity index (χ2v) is 17.3. The summed E-state index contributed by atoms with van der Waals surface area (Å²) >= 11 is 0. The highest BCUT2D eigenvalue weighted by atomic mass is 28.4. The first-order chi connectivity index (χ1) is 20.3. The van der Waals surface area contributed by atoms with Gasteiger partial charge in [0.1, 0.15) is 24.4 Å². The van der Waals surface area contributed by atoms with Gasteiger partial charge in [-0.05, 0) is 49.0 Å². The Hall–Kier alpha value is -2.56. The van der Waals surface area contributed by atoms with Crippen LogP contribution in [0.25, 0.3) is 0 Å². The second-order valence-electron chi connectivity index (χ2n) is 13.0. The summed E-state index contributed by atoms with van der Waals surface area (Å²) in [4.78, 5) is 9.73. The summed E-state index contributed by atoms with van der Waals surface area (Å²) in [5, 5.41) is 14.1. The molecule has 9 heteroatoms. The average molecular weight is 611 g/mol. The molecule has 0 spiro atoms. The van der Waals surface area contributed by atoms with Crippen LogP contribution in [0, 0.1) is 5.92 Å². The van der Waals surface area contributed by atoms with Crippen molar-refractivity contribution in [2.75, 3.05) is 19.8 Å². The molecule has 8 nitrogen and oxygen atoms in total. The van der Waals surface area contributed by atoms with E-state index in [2.05, 4.69) is 83.1 Å². The predicted octanol–water partition coefficient (Wildman–Crippen LogP) is 4.72. The van der Waals surface area contributed by atoms with Gasteiger partial charge in [0.15, 0.2) is 11.8 Å². The van der Waals surface area contributed by atoms with Crippen molar-refractivity contribution in [1.29, 1.82) is 0 Å². The highest BCUT2D eigenvalue weighted by Gasteiger charge is 2.54. The van der Waals surface area contributed by atoms with E-state index in [1.165, 1.54) is 10.4 Å². The Kier molecular flexibility index (Phi) is 10.5. The third-order valence-electron chi connectivity index (χ3n) is 8.02. The van der Waals surface area contributed by atoms with Gasteiger partial charge >= 0.3 is 0 Å². The lowest BCUT2D eigenvalue weighted by molar-refractivity contribution is -0.156. The van der Waals surface area contributed by atoms with Gasteiger partial charge in [-0.25, -0.2) is 9.98 Å². The van der Waals surface area contributed by atoms with E-state index in [0.717, 1.165) is 0 Å². The van der Waals surface area contributed by atoms with E-state index in [0.29, 0.717) is 25.0 Å². The lowest BCUT2D eigenvalue weighted by Crippen LogP contribution is -2.67. The van der Waals surface area contributed by atoms with E-state index in [4.69, 9.17) is 33.4 Å². The second kappa shape index (κ2) is 13.6. The Morgan fingerprint density at radius 2 is 1.33 bits per heavy atom. The van der Waals surface area contributed by atoms with Crippen LogP contribution in [0.5, 0.6) is 0 Å². The number of hydrogen-bond acceptors (Lipinski definition) is 8. The van der Waals surface area contributed by atoms with Crippen LogP contribution in [-0.4, -0.2) is 81.2 Å². The molecule has 2 heterocycles. The zero-order valence-corrected chi connectivity index (χ0v) is 28.2. The van der Waals surface area contributed by atoms with Crippen LogP contribution in [0.1, 0.15) is 62.3 Å². The maximum atomic E-state index is 11.9. The number of aliphatic hydroxyl groups is 1. The smallest absolute Gasteiger partial charge is 0.261 e. The third-order valence-corrected chi connectivity index (χ3v) is 13.0. The van der Waals surface area contributed by atoms with Crippen molar-refractivity contribution < 1.29 is 28.5 Å². The lowest BCUT2D eigenvalue weighted by atomic mass is 9.98. The average Bonchev–Trinajstić information content (AvgIpc) is 3.28. The molecule has 0 aliphatic carbocycles. The number of ether oxygens (including phenoxy) is 4. The van der Waals surface area contributed by atoms with Crippen molar-refractivity contribution in [3.05, 3.63) is 60.7 Å². The molecule has 1 N–H and O–H groups in total. The summed E-state index contributed by atoms with van der Waals surface area (Å²) in [5.41, 5.74) is 0. The number of hydrogen-bond donors (Lipinski definition) is 1. The van der Waals surface area contributed by atoms with E-state index < -0.39 is 38.5 Å². The van der Waals surface area contributed by atoms with Gasteiger partial charge in [0.25, 0.3) is 8.32 Å². The highest BCUT2D eigenvalue weighted by molar-refractivity contribution is 6.99. The number of nitrogens with zero attached hydrogens (tertiary/aromatic N) is 2. The third kappa shape index (κ3) is 7.07. The van der Waals surface area contributed by atoms with Crippen LogP contribution in [0.4, 0.5) is 0 Å². The van der Waals surface area contributed by atoms with E-state index >= 15 is 0 Å². The number of rotatable bonds is 10. The highest BCUT2D eigenvalue weighted by Crippen LogP contribution is 2.39. The molecule has 5 atom stereocenters. The van der Waals surface area contributed by atoms with Crippen LogP contribution in [0.3, 0.4) is 0 Å². The van der Waals surface area contributed by atoms with Crippen molar-refractivity contribution >= 4 is 30.5 Å². The Morgan fingerprint density at radius 1 is 0.837 bits per heavy atom. The summed E-state index contributed by atoms with van der Waals surface area (Å²) in [6, 6.07) is 19.9. The summed E-state index contributed by atoms with van der Waals surface area (Å²) in [5.74, 6) is 0.104. The molecule has 0 aromatic heterocycles. The number of benzene rings is 2.